The van der Waals surface area contributed by atoms with Gasteiger partial charge >= 0.3 is 0 Å². The predicted octanol–water partition coefficient (Wildman–Crippen LogP) is 3.61. The SMILES string of the molecule is CC1CCCN1C(=O)c1ccc(C2CC3CCC2C3)nc1. The van der Waals surface area contributed by atoms with Crippen LogP contribution in [0.2, 0.25) is 0 Å². The average Bonchev–Trinajstić information content (AvgIpc) is 3.23. The van der Waals surface area contributed by atoms with E-state index in [0.717, 1.165) is 36.8 Å². The van der Waals surface area contributed by atoms with Gasteiger partial charge in [-0.25, -0.2) is 0 Å². The molecule has 3 aliphatic rings. The molecule has 0 aromatic carbocycles. The molecule has 3 nitrogen and oxygen atoms in total. The summed E-state index contributed by atoms with van der Waals surface area (Å²) in [5.41, 5.74) is 1.98. The summed E-state index contributed by atoms with van der Waals surface area (Å²) in [5, 5.41) is 0. The standard InChI is InChI=1S/C18H24N2O/c1-12-3-2-8-20(12)18(21)15-6-7-17(19-11-15)16-10-13-4-5-14(16)9-13/h6-7,11-14,16H,2-5,8-10H2,1H3. The Balaban J connectivity index is 1.50. The number of fused-ring (bicyclic) bond motifs is 2. The van der Waals surface area contributed by atoms with Crippen LogP contribution in [-0.2, 0) is 0 Å². The fraction of sp³-hybridized carbons (Fsp3) is 0.667. The third-order valence-corrected chi connectivity index (χ3v) is 5.97. The molecule has 1 aliphatic heterocycles. The summed E-state index contributed by atoms with van der Waals surface area (Å²) in [6.07, 6.45) is 9.58. The Hall–Kier alpha value is -1.38. The van der Waals surface area contributed by atoms with E-state index in [9.17, 15) is 4.79 Å². The van der Waals surface area contributed by atoms with Crippen molar-refractivity contribution >= 4 is 5.91 Å². The van der Waals surface area contributed by atoms with Crippen molar-refractivity contribution in [2.75, 3.05) is 6.54 Å². The zero-order chi connectivity index (χ0) is 14.4. The molecular formula is C18H24N2O. The first kappa shape index (κ1) is 13.3. The molecule has 3 heteroatoms. The van der Waals surface area contributed by atoms with Gasteiger partial charge in [0.2, 0.25) is 0 Å². The lowest BCUT2D eigenvalue weighted by atomic mass is 9.86. The number of carbonyl (C=O) groups is 1. The second kappa shape index (κ2) is 5.11. The maximum Gasteiger partial charge on any atom is 0.255 e. The van der Waals surface area contributed by atoms with Crippen molar-refractivity contribution in [3.63, 3.8) is 0 Å². The third kappa shape index (κ3) is 2.27. The molecule has 4 rings (SSSR count). The van der Waals surface area contributed by atoms with Crippen LogP contribution in [0.1, 0.15) is 67.4 Å². The van der Waals surface area contributed by atoms with Crippen LogP contribution in [0.4, 0.5) is 0 Å². The molecule has 112 valence electrons. The monoisotopic (exact) mass is 284 g/mol. The minimum absolute atomic E-state index is 0.159. The van der Waals surface area contributed by atoms with E-state index >= 15 is 0 Å². The maximum atomic E-state index is 12.5. The van der Waals surface area contributed by atoms with Crippen LogP contribution < -0.4 is 0 Å². The fourth-order valence-corrected chi connectivity index (χ4v) is 4.76. The zero-order valence-electron chi connectivity index (χ0n) is 12.8. The highest BCUT2D eigenvalue weighted by Gasteiger charge is 2.40. The van der Waals surface area contributed by atoms with Gasteiger partial charge in [0.05, 0.1) is 5.56 Å². The van der Waals surface area contributed by atoms with Gasteiger partial charge in [0.1, 0.15) is 0 Å². The van der Waals surface area contributed by atoms with Crippen molar-refractivity contribution in [2.45, 2.75) is 57.4 Å². The van der Waals surface area contributed by atoms with Gasteiger partial charge < -0.3 is 4.90 Å². The van der Waals surface area contributed by atoms with E-state index in [1.807, 2.05) is 17.2 Å². The normalized spacial score (nSPS) is 34.6. The highest BCUT2D eigenvalue weighted by molar-refractivity contribution is 5.94. The van der Waals surface area contributed by atoms with Gasteiger partial charge in [0.25, 0.3) is 5.91 Å². The van der Waals surface area contributed by atoms with Crippen molar-refractivity contribution in [3.05, 3.63) is 29.6 Å². The van der Waals surface area contributed by atoms with Crippen LogP contribution >= 0.6 is 0 Å². The molecule has 1 saturated heterocycles. The maximum absolute atomic E-state index is 12.5. The number of nitrogens with zero attached hydrogens (tertiary/aromatic N) is 2. The van der Waals surface area contributed by atoms with Gasteiger partial charge in [-0.05, 0) is 63.0 Å². The van der Waals surface area contributed by atoms with E-state index in [-0.39, 0.29) is 5.91 Å². The van der Waals surface area contributed by atoms with Crippen molar-refractivity contribution in [1.29, 1.82) is 0 Å². The van der Waals surface area contributed by atoms with Gasteiger partial charge in [-0.1, -0.05) is 6.42 Å². The summed E-state index contributed by atoms with van der Waals surface area (Å²) in [6, 6.07) is 4.49. The summed E-state index contributed by atoms with van der Waals surface area (Å²) >= 11 is 0. The number of hydrogen-bond acceptors (Lipinski definition) is 2. The highest BCUT2D eigenvalue weighted by Crippen LogP contribution is 2.52. The topological polar surface area (TPSA) is 33.2 Å². The van der Waals surface area contributed by atoms with E-state index in [1.165, 1.54) is 31.4 Å². The molecule has 4 atom stereocenters. The van der Waals surface area contributed by atoms with Gasteiger partial charge in [-0.15, -0.1) is 0 Å². The van der Waals surface area contributed by atoms with E-state index in [0.29, 0.717) is 12.0 Å². The van der Waals surface area contributed by atoms with Crippen LogP contribution in [0.3, 0.4) is 0 Å². The molecule has 4 unspecified atom stereocenters. The molecule has 1 aromatic heterocycles. The minimum atomic E-state index is 0.159. The molecule has 0 spiro atoms. The number of aromatic nitrogens is 1. The largest absolute Gasteiger partial charge is 0.336 e. The minimum Gasteiger partial charge on any atom is -0.336 e. The molecule has 2 saturated carbocycles. The quantitative estimate of drug-likeness (QED) is 0.831. The molecule has 1 aromatic rings. The first-order chi connectivity index (χ1) is 10.2. The molecule has 2 heterocycles. The van der Waals surface area contributed by atoms with Crippen LogP contribution in [0.15, 0.2) is 18.3 Å². The summed E-state index contributed by atoms with van der Waals surface area (Å²) in [5.74, 6) is 2.60. The van der Waals surface area contributed by atoms with Crippen LogP contribution in [0.25, 0.3) is 0 Å². The summed E-state index contributed by atoms with van der Waals surface area (Å²) < 4.78 is 0. The Morgan fingerprint density at radius 2 is 2.14 bits per heavy atom. The smallest absolute Gasteiger partial charge is 0.255 e. The number of rotatable bonds is 2. The summed E-state index contributed by atoms with van der Waals surface area (Å²) in [4.78, 5) is 19.1. The lowest BCUT2D eigenvalue weighted by molar-refractivity contribution is 0.0747. The second-order valence-electron chi connectivity index (χ2n) is 7.24. The Morgan fingerprint density at radius 3 is 2.71 bits per heavy atom. The zero-order valence-corrected chi connectivity index (χ0v) is 12.8. The number of hydrogen-bond donors (Lipinski definition) is 0. The molecule has 0 N–H and O–H groups in total. The molecule has 21 heavy (non-hydrogen) atoms. The molecule has 3 fully saturated rings. The lowest BCUT2D eigenvalue weighted by Gasteiger charge is -2.23. The highest BCUT2D eigenvalue weighted by atomic mass is 16.2. The molecule has 2 bridgehead atoms. The Kier molecular flexibility index (Phi) is 3.24. The van der Waals surface area contributed by atoms with Crippen LogP contribution in [0.5, 0.6) is 0 Å². The van der Waals surface area contributed by atoms with Crippen molar-refractivity contribution in [1.82, 2.24) is 9.88 Å². The first-order valence-electron chi connectivity index (χ1n) is 8.49. The second-order valence-corrected chi connectivity index (χ2v) is 7.24. The van der Waals surface area contributed by atoms with Gasteiger partial charge in [-0.2, -0.15) is 0 Å². The van der Waals surface area contributed by atoms with E-state index in [4.69, 9.17) is 0 Å². The van der Waals surface area contributed by atoms with Crippen molar-refractivity contribution in [3.8, 4) is 0 Å². The van der Waals surface area contributed by atoms with E-state index in [1.54, 1.807) is 0 Å². The van der Waals surface area contributed by atoms with E-state index in [2.05, 4.69) is 18.0 Å². The van der Waals surface area contributed by atoms with E-state index < -0.39 is 0 Å². The molecule has 0 radical (unpaired) electrons. The van der Waals surface area contributed by atoms with Crippen molar-refractivity contribution in [2.24, 2.45) is 11.8 Å². The molecule has 2 aliphatic carbocycles. The number of carbonyl (C=O) groups excluding carboxylic acids is 1. The molecule has 1 amide bonds. The fourth-order valence-electron chi connectivity index (χ4n) is 4.76. The predicted molar refractivity (Wildman–Crippen MR) is 82.2 cm³/mol. The first-order valence-corrected chi connectivity index (χ1v) is 8.49. The average molecular weight is 284 g/mol. The van der Waals surface area contributed by atoms with Crippen LogP contribution in [0, 0.1) is 11.8 Å². The number of pyridine rings is 1. The van der Waals surface area contributed by atoms with Gasteiger partial charge in [0, 0.05) is 30.4 Å². The molecular weight excluding hydrogens is 260 g/mol. The lowest BCUT2D eigenvalue weighted by Crippen LogP contribution is -2.33. The van der Waals surface area contributed by atoms with Crippen molar-refractivity contribution < 1.29 is 4.79 Å². The summed E-state index contributed by atoms with van der Waals surface area (Å²) in [7, 11) is 0. The Bertz CT molecular complexity index is 539. The van der Waals surface area contributed by atoms with Gasteiger partial charge in [-0.3, -0.25) is 9.78 Å². The Morgan fingerprint density at radius 1 is 1.24 bits per heavy atom. The third-order valence-electron chi connectivity index (χ3n) is 5.97. The van der Waals surface area contributed by atoms with Crippen LogP contribution in [-0.4, -0.2) is 28.4 Å². The number of amides is 1. The Labute approximate surface area is 126 Å². The number of likely N-dealkylation sites (tertiary alicyclic amines) is 1. The summed E-state index contributed by atoms with van der Waals surface area (Å²) in [6.45, 7) is 3.04. The van der Waals surface area contributed by atoms with Gasteiger partial charge in [0.15, 0.2) is 0 Å².